The second-order valence-electron chi connectivity index (χ2n) is 7.22. The van der Waals surface area contributed by atoms with Gasteiger partial charge in [-0.2, -0.15) is 0 Å². The van der Waals surface area contributed by atoms with Crippen molar-refractivity contribution in [1.82, 2.24) is 15.1 Å². The van der Waals surface area contributed by atoms with E-state index >= 15 is 0 Å². The molecule has 0 spiro atoms. The van der Waals surface area contributed by atoms with Gasteiger partial charge in [-0.05, 0) is 78.2 Å². The van der Waals surface area contributed by atoms with Gasteiger partial charge >= 0.3 is 0 Å². The first-order valence-electron chi connectivity index (χ1n) is 9.02. The van der Waals surface area contributed by atoms with Gasteiger partial charge in [0, 0.05) is 18.1 Å². The van der Waals surface area contributed by atoms with E-state index in [1.165, 1.54) is 84.0 Å². The number of hydrogen-bond acceptors (Lipinski definition) is 3. The highest BCUT2D eigenvalue weighted by Crippen LogP contribution is 2.26. The van der Waals surface area contributed by atoms with Crippen LogP contribution in [0.1, 0.15) is 57.8 Å². The lowest BCUT2D eigenvalue weighted by molar-refractivity contribution is 0.0951. The van der Waals surface area contributed by atoms with E-state index in [-0.39, 0.29) is 0 Å². The molecule has 3 fully saturated rings. The Morgan fingerprint density at radius 3 is 2.60 bits per heavy atom. The summed E-state index contributed by atoms with van der Waals surface area (Å²) in [5, 5.41) is 3.75. The van der Waals surface area contributed by atoms with Crippen LogP contribution in [0.4, 0.5) is 0 Å². The van der Waals surface area contributed by atoms with Gasteiger partial charge in [-0.25, -0.2) is 0 Å². The van der Waals surface area contributed by atoms with Crippen LogP contribution >= 0.6 is 0 Å². The van der Waals surface area contributed by atoms with Crippen LogP contribution in [-0.4, -0.2) is 61.2 Å². The monoisotopic (exact) mass is 279 g/mol. The van der Waals surface area contributed by atoms with Crippen LogP contribution in [0.25, 0.3) is 0 Å². The number of likely N-dealkylation sites (tertiary alicyclic amines) is 2. The smallest absolute Gasteiger partial charge is 0.0249 e. The molecule has 20 heavy (non-hydrogen) atoms. The second-order valence-corrected chi connectivity index (χ2v) is 7.22. The molecular weight excluding hydrogens is 246 g/mol. The quantitative estimate of drug-likeness (QED) is 0.853. The third-order valence-electron chi connectivity index (χ3n) is 5.90. The summed E-state index contributed by atoms with van der Waals surface area (Å²) in [7, 11) is 2.33. The molecule has 3 aliphatic rings. The normalized spacial score (nSPS) is 37.4. The van der Waals surface area contributed by atoms with E-state index in [0.717, 1.165) is 18.1 Å². The Kier molecular flexibility index (Phi) is 5.36. The number of hydrogen-bond donors (Lipinski definition) is 1. The molecule has 3 nitrogen and oxygen atoms in total. The fourth-order valence-corrected chi connectivity index (χ4v) is 4.61. The van der Waals surface area contributed by atoms with Crippen molar-refractivity contribution in [2.45, 2.75) is 75.9 Å². The van der Waals surface area contributed by atoms with Crippen molar-refractivity contribution in [3.63, 3.8) is 0 Å². The number of nitrogens with one attached hydrogen (secondary N) is 1. The Labute approximate surface area is 125 Å². The van der Waals surface area contributed by atoms with Gasteiger partial charge in [0.05, 0.1) is 0 Å². The van der Waals surface area contributed by atoms with Crippen LogP contribution < -0.4 is 5.32 Å². The van der Waals surface area contributed by atoms with E-state index in [1.807, 2.05) is 0 Å². The zero-order valence-corrected chi connectivity index (χ0v) is 13.3. The maximum Gasteiger partial charge on any atom is 0.0249 e. The van der Waals surface area contributed by atoms with E-state index in [2.05, 4.69) is 22.2 Å². The SMILES string of the molecule is CN1CCCCC1CCN1CCCCC1C1CCCN1. The van der Waals surface area contributed by atoms with Gasteiger partial charge in [0.2, 0.25) is 0 Å². The summed E-state index contributed by atoms with van der Waals surface area (Å²) in [6.07, 6.45) is 12.8. The van der Waals surface area contributed by atoms with Crippen LogP contribution in [0, 0.1) is 0 Å². The van der Waals surface area contributed by atoms with Crippen LogP contribution in [-0.2, 0) is 0 Å². The van der Waals surface area contributed by atoms with Gasteiger partial charge in [-0.3, -0.25) is 4.90 Å². The average Bonchev–Trinajstić information content (AvgIpc) is 3.01. The first-order chi connectivity index (χ1) is 9.84. The minimum absolute atomic E-state index is 0.791. The fraction of sp³-hybridized carbons (Fsp3) is 1.00. The third kappa shape index (κ3) is 3.55. The van der Waals surface area contributed by atoms with Gasteiger partial charge in [0.15, 0.2) is 0 Å². The summed E-state index contributed by atoms with van der Waals surface area (Å²) in [6.45, 7) is 5.25. The lowest BCUT2D eigenvalue weighted by Crippen LogP contribution is -2.51. The molecule has 116 valence electrons. The Bertz CT molecular complexity index is 288. The van der Waals surface area contributed by atoms with Crippen LogP contribution in [0.5, 0.6) is 0 Å². The van der Waals surface area contributed by atoms with Gasteiger partial charge in [-0.1, -0.05) is 12.8 Å². The Balaban J connectivity index is 1.51. The highest BCUT2D eigenvalue weighted by molar-refractivity contribution is 4.91. The lowest BCUT2D eigenvalue weighted by Gasteiger charge is -2.41. The molecule has 0 bridgehead atoms. The molecule has 3 saturated heterocycles. The molecule has 0 saturated carbocycles. The summed E-state index contributed by atoms with van der Waals surface area (Å²) in [6, 6.07) is 2.47. The first kappa shape index (κ1) is 14.8. The van der Waals surface area contributed by atoms with Gasteiger partial charge in [0.25, 0.3) is 0 Å². The zero-order chi connectivity index (χ0) is 13.8. The van der Waals surface area contributed by atoms with Crippen LogP contribution in [0.15, 0.2) is 0 Å². The number of piperidine rings is 2. The average molecular weight is 279 g/mol. The topological polar surface area (TPSA) is 18.5 Å². The molecule has 1 N–H and O–H groups in total. The standard InChI is InChI=1S/C17H33N3/c1-19-12-4-2-7-15(19)10-14-20-13-5-3-9-17(20)16-8-6-11-18-16/h15-18H,2-14H2,1H3. The molecule has 3 heterocycles. The molecule has 0 aromatic rings. The van der Waals surface area contributed by atoms with E-state index in [1.54, 1.807) is 0 Å². The van der Waals surface area contributed by atoms with Crippen LogP contribution in [0.2, 0.25) is 0 Å². The predicted octanol–water partition coefficient (Wildman–Crippen LogP) is 2.47. The molecule has 0 amide bonds. The van der Waals surface area contributed by atoms with Crippen molar-refractivity contribution in [3.8, 4) is 0 Å². The molecule has 0 aromatic heterocycles. The summed E-state index contributed by atoms with van der Waals surface area (Å²) in [4.78, 5) is 5.44. The molecule has 3 atom stereocenters. The van der Waals surface area contributed by atoms with Crippen molar-refractivity contribution in [3.05, 3.63) is 0 Å². The van der Waals surface area contributed by atoms with Crippen molar-refractivity contribution >= 4 is 0 Å². The molecule has 3 rings (SSSR count). The minimum Gasteiger partial charge on any atom is -0.312 e. The van der Waals surface area contributed by atoms with Crippen molar-refractivity contribution in [2.75, 3.05) is 33.2 Å². The number of rotatable bonds is 4. The number of nitrogens with zero attached hydrogens (tertiary/aromatic N) is 2. The van der Waals surface area contributed by atoms with E-state index < -0.39 is 0 Å². The molecule has 0 radical (unpaired) electrons. The molecule has 3 heteroatoms. The highest BCUT2D eigenvalue weighted by atomic mass is 15.2. The lowest BCUT2D eigenvalue weighted by atomic mass is 9.93. The van der Waals surface area contributed by atoms with Crippen molar-refractivity contribution in [1.29, 1.82) is 0 Å². The molecule has 0 aliphatic carbocycles. The zero-order valence-electron chi connectivity index (χ0n) is 13.3. The minimum atomic E-state index is 0.791. The van der Waals surface area contributed by atoms with Gasteiger partial charge < -0.3 is 10.2 Å². The maximum absolute atomic E-state index is 3.75. The molecular formula is C17H33N3. The van der Waals surface area contributed by atoms with Crippen LogP contribution in [0.3, 0.4) is 0 Å². The van der Waals surface area contributed by atoms with E-state index in [4.69, 9.17) is 0 Å². The molecule has 3 unspecified atom stereocenters. The molecule has 0 aromatic carbocycles. The van der Waals surface area contributed by atoms with Crippen molar-refractivity contribution in [2.24, 2.45) is 0 Å². The predicted molar refractivity (Wildman–Crippen MR) is 85.1 cm³/mol. The summed E-state index contributed by atoms with van der Waals surface area (Å²) in [5.74, 6) is 0. The van der Waals surface area contributed by atoms with Crippen molar-refractivity contribution < 1.29 is 0 Å². The van der Waals surface area contributed by atoms with Gasteiger partial charge in [-0.15, -0.1) is 0 Å². The van der Waals surface area contributed by atoms with E-state index in [0.29, 0.717) is 0 Å². The summed E-state index contributed by atoms with van der Waals surface area (Å²) in [5.41, 5.74) is 0. The Morgan fingerprint density at radius 1 is 0.950 bits per heavy atom. The summed E-state index contributed by atoms with van der Waals surface area (Å²) >= 11 is 0. The largest absolute Gasteiger partial charge is 0.312 e. The fourth-order valence-electron chi connectivity index (χ4n) is 4.61. The summed E-state index contributed by atoms with van der Waals surface area (Å²) < 4.78 is 0. The molecule has 3 aliphatic heterocycles. The highest BCUT2D eigenvalue weighted by Gasteiger charge is 2.31. The Morgan fingerprint density at radius 2 is 1.80 bits per heavy atom. The Hall–Kier alpha value is -0.120. The third-order valence-corrected chi connectivity index (χ3v) is 5.90. The van der Waals surface area contributed by atoms with E-state index in [9.17, 15) is 0 Å². The van der Waals surface area contributed by atoms with Gasteiger partial charge in [0.1, 0.15) is 0 Å². The first-order valence-corrected chi connectivity index (χ1v) is 9.02. The maximum atomic E-state index is 3.75. The second kappa shape index (κ2) is 7.24.